The lowest BCUT2D eigenvalue weighted by atomic mass is 10.1. The molecule has 8 nitrogen and oxygen atoms in total. The van der Waals surface area contributed by atoms with Gasteiger partial charge in [0.2, 0.25) is 0 Å². The van der Waals surface area contributed by atoms with E-state index in [0.29, 0.717) is 11.2 Å². The fourth-order valence-electron chi connectivity index (χ4n) is 6.41. The van der Waals surface area contributed by atoms with E-state index in [9.17, 15) is 0 Å². The van der Waals surface area contributed by atoms with Gasteiger partial charge in [-0.15, -0.1) is 0 Å². The van der Waals surface area contributed by atoms with Crippen LogP contribution in [0.25, 0.3) is 49.8 Å². The summed E-state index contributed by atoms with van der Waals surface area (Å²) in [6, 6.07) is 35.6. The van der Waals surface area contributed by atoms with Gasteiger partial charge in [-0.1, -0.05) is 36.4 Å². The van der Waals surface area contributed by atoms with E-state index >= 15 is 0 Å². The van der Waals surface area contributed by atoms with Gasteiger partial charge in [0.25, 0.3) is 0 Å². The van der Waals surface area contributed by atoms with Crippen LogP contribution in [0.1, 0.15) is 0 Å². The predicted molar refractivity (Wildman–Crippen MR) is 180 cm³/mol. The molecule has 3 aromatic carbocycles. The Kier molecular flexibility index (Phi) is 5.61. The van der Waals surface area contributed by atoms with Crippen LogP contribution in [0, 0.1) is 0 Å². The van der Waals surface area contributed by atoms with Crippen LogP contribution in [-0.4, -0.2) is 38.1 Å². The van der Waals surface area contributed by atoms with Gasteiger partial charge in [-0.05, 0) is 66.7 Å². The minimum Gasteiger partial charge on any atom is -0.450 e. The van der Waals surface area contributed by atoms with Gasteiger partial charge in [-0.2, -0.15) is 0 Å². The molecule has 8 heteroatoms. The highest BCUT2D eigenvalue weighted by atomic mass is 16.3. The van der Waals surface area contributed by atoms with Crippen molar-refractivity contribution in [3.05, 3.63) is 134 Å². The van der Waals surface area contributed by atoms with Crippen molar-refractivity contribution < 1.29 is 4.42 Å². The van der Waals surface area contributed by atoms with Crippen molar-refractivity contribution in [2.24, 2.45) is 0 Å². The predicted octanol–water partition coefficient (Wildman–Crippen LogP) is 8.52. The Morgan fingerprint density at radius 1 is 0.667 bits per heavy atom. The summed E-state index contributed by atoms with van der Waals surface area (Å²) in [5.74, 6) is 0.869. The van der Waals surface area contributed by atoms with Gasteiger partial charge in [0, 0.05) is 65.9 Å². The van der Waals surface area contributed by atoms with Crippen molar-refractivity contribution in [3.8, 4) is 5.82 Å². The number of aromatic nitrogens is 4. The molecule has 0 saturated carbocycles. The number of anilines is 4. The summed E-state index contributed by atoms with van der Waals surface area (Å²) < 4.78 is 8.71. The van der Waals surface area contributed by atoms with Gasteiger partial charge in [0.15, 0.2) is 11.2 Å². The van der Waals surface area contributed by atoms with Crippen molar-refractivity contribution in [2.45, 2.75) is 0 Å². The molecule has 5 aromatic heterocycles. The third-order valence-electron chi connectivity index (χ3n) is 8.42. The van der Waals surface area contributed by atoms with E-state index in [0.717, 1.165) is 62.7 Å². The summed E-state index contributed by atoms with van der Waals surface area (Å²) in [6.07, 6.45) is 9.64. The fourth-order valence-corrected chi connectivity index (χ4v) is 6.41. The van der Waals surface area contributed by atoms with E-state index in [-0.39, 0.29) is 0 Å². The van der Waals surface area contributed by atoms with Crippen molar-refractivity contribution in [1.29, 1.82) is 0 Å². The molecule has 0 radical (unpaired) electrons. The summed E-state index contributed by atoms with van der Waals surface area (Å²) in [5, 5.41) is 2.34. The lowest BCUT2D eigenvalue weighted by Crippen LogP contribution is -2.21. The van der Waals surface area contributed by atoms with Crippen molar-refractivity contribution in [2.75, 3.05) is 23.5 Å². The molecular formula is C37H27N7O. The van der Waals surface area contributed by atoms with Crippen molar-refractivity contribution >= 4 is 66.8 Å². The quantitative estimate of drug-likeness (QED) is 0.201. The van der Waals surface area contributed by atoms with Crippen LogP contribution in [0.4, 0.5) is 22.7 Å². The molecular weight excluding hydrogens is 558 g/mol. The summed E-state index contributed by atoms with van der Waals surface area (Å²) >= 11 is 0. The maximum absolute atomic E-state index is 6.47. The molecule has 0 unspecified atom stereocenters. The van der Waals surface area contributed by atoms with E-state index in [4.69, 9.17) is 14.4 Å². The second kappa shape index (κ2) is 9.96. The van der Waals surface area contributed by atoms with Crippen LogP contribution >= 0.6 is 0 Å². The topological polar surface area (TPSA) is 66.5 Å². The van der Waals surface area contributed by atoms with E-state index in [1.54, 1.807) is 6.20 Å². The number of furan rings is 1. The minimum atomic E-state index is 0.683. The normalized spacial score (nSPS) is 13.2. The fraction of sp³-hybridized carbons (Fsp3) is 0.0541. The van der Waals surface area contributed by atoms with Crippen LogP contribution < -0.4 is 9.80 Å². The molecule has 0 atom stereocenters. The van der Waals surface area contributed by atoms with Gasteiger partial charge in [0.1, 0.15) is 16.9 Å². The van der Waals surface area contributed by atoms with Crippen LogP contribution in [0.15, 0.2) is 139 Å². The standard InChI is InChI=1S/C37H27N7O/c1-41-20-21-42(24-41)25-8-6-9-26(22-25)43(31-16-19-40-36-35-33(45-37(31)36)12-7-18-39-35)27-14-15-29-28-10-2-3-11-30(28)44(32(29)23-27)34-13-4-5-17-38-34/h2-23H,24H2,1H3. The maximum Gasteiger partial charge on any atom is 0.179 e. The lowest BCUT2D eigenvalue weighted by Gasteiger charge is -2.27. The molecule has 216 valence electrons. The molecule has 1 aliphatic heterocycles. The molecule has 0 spiro atoms. The molecule has 6 heterocycles. The van der Waals surface area contributed by atoms with Crippen molar-refractivity contribution in [1.82, 2.24) is 24.4 Å². The van der Waals surface area contributed by atoms with Gasteiger partial charge < -0.3 is 19.1 Å². The highest BCUT2D eigenvalue weighted by molar-refractivity contribution is 6.11. The summed E-state index contributed by atoms with van der Waals surface area (Å²) in [4.78, 5) is 20.7. The molecule has 0 bridgehead atoms. The first kappa shape index (κ1) is 25.4. The molecule has 1 aliphatic rings. The third-order valence-corrected chi connectivity index (χ3v) is 8.42. The molecule has 0 amide bonds. The number of para-hydroxylation sites is 1. The van der Waals surface area contributed by atoms with Crippen LogP contribution in [0.5, 0.6) is 0 Å². The van der Waals surface area contributed by atoms with E-state index < -0.39 is 0 Å². The van der Waals surface area contributed by atoms with E-state index in [2.05, 4.69) is 110 Å². The molecule has 0 saturated heterocycles. The van der Waals surface area contributed by atoms with E-state index in [1.807, 2.05) is 48.8 Å². The molecule has 9 rings (SSSR count). The Morgan fingerprint density at radius 3 is 2.40 bits per heavy atom. The Bertz CT molecular complexity index is 2410. The molecule has 0 fully saturated rings. The first-order chi connectivity index (χ1) is 22.2. The minimum absolute atomic E-state index is 0.683. The lowest BCUT2D eigenvalue weighted by molar-refractivity contribution is 0.496. The Labute approximate surface area is 258 Å². The van der Waals surface area contributed by atoms with Crippen molar-refractivity contribution in [3.63, 3.8) is 0 Å². The van der Waals surface area contributed by atoms with E-state index in [1.165, 1.54) is 5.39 Å². The Hall–Kier alpha value is -6.15. The molecule has 8 aromatic rings. The second-order valence-electron chi connectivity index (χ2n) is 11.2. The number of pyridine rings is 3. The largest absolute Gasteiger partial charge is 0.450 e. The summed E-state index contributed by atoms with van der Waals surface area (Å²) in [7, 11) is 2.08. The summed E-state index contributed by atoms with van der Waals surface area (Å²) in [5.41, 5.74) is 9.00. The zero-order valence-corrected chi connectivity index (χ0v) is 24.4. The third kappa shape index (κ3) is 4.03. The molecule has 45 heavy (non-hydrogen) atoms. The first-order valence-corrected chi connectivity index (χ1v) is 14.9. The maximum atomic E-state index is 6.47. The number of hydrogen-bond donors (Lipinski definition) is 0. The number of benzene rings is 3. The van der Waals surface area contributed by atoms with Crippen LogP contribution in [0.2, 0.25) is 0 Å². The zero-order chi connectivity index (χ0) is 29.9. The van der Waals surface area contributed by atoms with Crippen LogP contribution in [-0.2, 0) is 0 Å². The molecule has 0 aliphatic carbocycles. The highest BCUT2D eigenvalue weighted by Crippen LogP contribution is 2.43. The smallest absolute Gasteiger partial charge is 0.179 e. The zero-order valence-electron chi connectivity index (χ0n) is 24.4. The monoisotopic (exact) mass is 585 g/mol. The molecule has 0 N–H and O–H groups in total. The number of nitrogens with zero attached hydrogens (tertiary/aromatic N) is 7. The van der Waals surface area contributed by atoms with Gasteiger partial charge in [-0.25, -0.2) is 4.98 Å². The highest BCUT2D eigenvalue weighted by Gasteiger charge is 2.23. The van der Waals surface area contributed by atoms with Gasteiger partial charge in [0.05, 0.1) is 23.4 Å². The first-order valence-electron chi connectivity index (χ1n) is 14.9. The number of rotatable bonds is 5. The SMILES string of the molecule is CN1C=CN(c2cccc(N(c3ccc4c5ccccc5n(-c5ccccn5)c4c3)c3ccnc4c3oc3cccnc34)c2)C1. The summed E-state index contributed by atoms with van der Waals surface area (Å²) in [6.45, 7) is 0.786. The average Bonchev–Trinajstić information content (AvgIpc) is 3.79. The number of hydrogen-bond acceptors (Lipinski definition) is 7. The van der Waals surface area contributed by atoms with Gasteiger partial charge in [-0.3, -0.25) is 14.5 Å². The van der Waals surface area contributed by atoms with Crippen LogP contribution in [0.3, 0.4) is 0 Å². The second-order valence-corrected chi connectivity index (χ2v) is 11.2. The number of fused-ring (bicyclic) bond motifs is 6. The Balaban J connectivity index is 1.32. The average molecular weight is 586 g/mol. The Morgan fingerprint density at radius 2 is 1.51 bits per heavy atom. The van der Waals surface area contributed by atoms with Gasteiger partial charge >= 0.3 is 0 Å².